The molecule has 2 aromatic heterocycles. The van der Waals surface area contributed by atoms with Gasteiger partial charge in [-0.05, 0) is 41.7 Å². The average Bonchev–Trinajstić information content (AvgIpc) is 3.01. The highest BCUT2D eigenvalue weighted by Crippen LogP contribution is 2.28. The van der Waals surface area contributed by atoms with Gasteiger partial charge in [-0.3, -0.25) is 9.59 Å². The fraction of sp³-hybridized carbons (Fsp3) is 0.250. The molecule has 3 rings (SSSR count). The minimum atomic E-state index is -0.812. The molecule has 0 atom stereocenters. The van der Waals surface area contributed by atoms with Crippen molar-refractivity contribution in [2.24, 2.45) is 0 Å². The van der Waals surface area contributed by atoms with Crippen LogP contribution in [0.25, 0.3) is 5.65 Å². The molecule has 0 saturated carbocycles. The molecule has 140 valence electrons. The number of fused-ring (bicyclic) bond motifs is 1. The summed E-state index contributed by atoms with van der Waals surface area (Å²) >= 11 is 5.95. The number of hydrogen-bond donors (Lipinski definition) is 2. The largest absolute Gasteiger partial charge is 0.481 e. The quantitative estimate of drug-likeness (QED) is 0.659. The molecule has 0 aliphatic rings. The second kappa shape index (κ2) is 7.40. The summed E-state index contributed by atoms with van der Waals surface area (Å²) in [5, 5.41) is 12.2. The van der Waals surface area contributed by atoms with E-state index < -0.39 is 5.97 Å². The lowest BCUT2D eigenvalue weighted by Gasteiger charge is -2.24. The van der Waals surface area contributed by atoms with E-state index in [0.717, 1.165) is 5.56 Å². The molecule has 0 saturated heterocycles. The van der Waals surface area contributed by atoms with Crippen LogP contribution in [0.15, 0.2) is 48.8 Å². The first-order valence-corrected chi connectivity index (χ1v) is 8.90. The number of aliphatic carboxylic acids is 1. The van der Waals surface area contributed by atoms with Gasteiger partial charge in [0.05, 0.1) is 11.2 Å². The Morgan fingerprint density at radius 1 is 1.15 bits per heavy atom. The molecular weight excluding hydrogens is 366 g/mol. The molecule has 0 radical (unpaired) electrons. The second-order valence-corrected chi connectivity index (χ2v) is 7.48. The van der Waals surface area contributed by atoms with Gasteiger partial charge in [0.1, 0.15) is 5.65 Å². The van der Waals surface area contributed by atoms with Gasteiger partial charge >= 0.3 is 5.97 Å². The van der Waals surface area contributed by atoms with Crippen LogP contribution in [0.3, 0.4) is 0 Å². The van der Waals surface area contributed by atoms with Crippen LogP contribution < -0.4 is 5.32 Å². The number of benzene rings is 1. The van der Waals surface area contributed by atoms with E-state index in [-0.39, 0.29) is 17.7 Å². The molecule has 0 spiro atoms. The normalized spacial score (nSPS) is 11.5. The Kier molecular flexibility index (Phi) is 5.19. The molecule has 0 fully saturated rings. The zero-order chi connectivity index (χ0) is 19.6. The number of pyridine rings is 1. The Morgan fingerprint density at radius 3 is 2.52 bits per heavy atom. The first-order valence-electron chi connectivity index (χ1n) is 8.52. The average molecular weight is 386 g/mol. The smallest absolute Gasteiger partial charge is 0.303 e. The van der Waals surface area contributed by atoms with E-state index >= 15 is 0 Å². The van der Waals surface area contributed by atoms with E-state index in [1.807, 2.05) is 26.0 Å². The summed E-state index contributed by atoms with van der Waals surface area (Å²) in [4.78, 5) is 27.6. The Bertz CT molecular complexity index is 993. The maximum Gasteiger partial charge on any atom is 0.303 e. The first-order chi connectivity index (χ1) is 12.7. The fourth-order valence-electron chi connectivity index (χ4n) is 2.85. The van der Waals surface area contributed by atoms with Crippen LogP contribution in [0, 0.1) is 0 Å². The van der Waals surface area contributed by atoms with Crippen molar-refractivity contribution >= 4 is 34.9 Å². The number of anilines is 1. The number of nitrogens with zero attached hydrogens (tertiary/aromatic N) is 2. The Hall–Kier alpha value is -2.86. The monoisotopic (exact) mass is 385 g/mol. The maximum atomic E-state index is 12.5. The molecule has 0 unspecified atom stereocenters. The minimum Gasteiger partial charge on any atom is -0.481 e. The van der Waals surface area contributed by atoms with Gasteiger partial charge in [0.25, 0.3) is 5.91 Å². The van der Waals surface area contributed by atoms with Gasteiger partial charge in [-0.1, -0.05) is 37.6 Å². The third-order valence-corrected chi connectivity index (χ3v) is 4.77. The Morgan fingerprint density at radius 2 is 1.85 bits per heavy atom. The third-order valence-electron chi connectivity index (χ3n) is 4.55. The van der Waals surface area contributed by atoms with E-state index in [0.29, 0.717) is 28.5 Å². The number of hydrogen-bond acceptors (Lipinski definition) is 3. The second-order valence-electron chi connectivity index (χ2n) is 7.05. The van der Waals surface area contributed by atoms with Crippen molar-refractivity contribution in [3.05, 3.63) is 64.9 Å². The number of aromatic nitrogens is 2. The van der Waals surface area contributed by atoms with Crippen molar-refractivity contribution in [3.63, 3.8) is 0 Å². The van der Waals surface area contributed by atoms with Crippen LogP contribution in [0.5, 0.6) is 0 Å². The molecule has 0 bridgehead atoms. The highest BCUT2D eigenvalue weighted by molar-refractivity contribution is 6.30. The number of rotatable bonds is 6. The van der Waals surface area contributed by atoms with Crippen molar-refractivity contribution in [2.45, 2.75) is 32.1 Å². The summed E-state index contributed by atoms with van der Waals surface area (Å²) in [5.41, 5.74) is 1.89. The van der Waals surface area contributed by atoms with Crippen LogP contribution in [-0.4, -0.2) is 26.4 Å². The number of nitrogens with one attached hydrogen (secondary N) is 1. The number of carbonyl (C=O) groups is 2. The number of imidazole rings is 1. The van der Waals surface area contributed by atoms with Crippen LogP contribution in [-0.2, 0) is 10.2 Å². The lowest BCUT2D eigenvalue weighted by molar-refractivity contribution is -0.137. The molecule has 1 amide bonds. The number of amides is 1. The minimum absolute atomic E-state index is 0.104. The van der Waals surface area contributed by atoms with Crippen molar-refractivity contribution in [1.29, 1.82) is 0 Å². The molecule has 27 heavy (non-hydrogen) atoms. The first kappa shape index (κ1) is 18.9. The summed E-state index contributed by atoms with van der Waals surface area (Å²) in [6.07, 6.45) is 4.04. The van der Waals surface area contributed by atoms with Crippen molar-refractivity contribution < 1.29 is 14.7 Å². The van der Waals surface area contributed by atoms with Gasteiger partial charge in [-0.15, -0.1) is 0 Å². The zero-order valence-corrected chi connectivity index (χ0v) is 15.8. The predicted molar refractivity (Wildman–Crippen MR) is 104 cm³/mol. The highest BCUT2D eigenvalue weighted by atomic mass is 35.5. The standard InChI is InChI=1S/C20H20ClN3O3/c1-20(2,10-9-18(25)26)14-5-3-13(4-6-14)19(27)23-16-12-24-11-15(21)7-8-17(24)22-16/h3-8,11-12H,9-10H2,1-2H3,(H,23,27)(H,25,26). The van der Waals surface area contributed by atoms with Gasteiger partial charge in [0.15, 0.2) is 5.82 Å². The van der Waals surface area contributed by atoms with Gasteiger partial charge < -0.3 is 14.8 Å². The van der Waals surface area contributed by atoms with E-state index in [9.17, 15) is 9.59 Å². The predicted octanol–water partition coefficient (Wildman–Crippen LogP) is 4.38. The van der Waals surface area contributed by atoms with Gasteiger partial charge in [-0.2, -0.15) is 0 Å². The van der Waals surface area contributed by atoms with Crippen molar-refractivity contribution in [2.75, 3.05) is 5.32 Å². The number of carboxylic acid groups (broad SMARTS) is 1. The zero-order valence-electron chi connectivity index (χ0n) is 15.1. The maximum absolute atomic E-state index is 12.5. The number of carbonyl (C=O) groups excluding carboxylic acids is 1. The van der Waals surface area contributed by atoms with Gasteiger partial charge in [0, 0.05) is 18.2 Å². The fourth-order valence-corrected chi connectivity index (χ4v) is 3.02. The SMILES string of the molecule is CC(C)(CCC(=O)O)c1ccc(C(=O)Nc2cn3cc(Cl)ccc3n2)cc1. The Labute approximate surface area is 161 Å². The summed E-state index contributed by atoms with van der Waals surface area (Å²) in [6.45, 7) is 3.99. The number of carboxylic acids is 1. The summed E-state index contributed by atoms with van der Waals surface area (Å²) in [6, 6.07) is 10.7. The molecule has 7 heteroatoms. The summed E-state index contributed by atoms with van der Waals surface area (Å²) in [5.74, 6) is -0.639. The van der Waals surface area contributed by atoms with E-state index in [2.05, 4.69) is 10.3 Å². The third kappa shape index (κ3) is 4.46. The van der Waals surface area contributed by atoms with E-state index in [4.69, 9.17) is 16.7 Å². The van der Waals surface area contributed by atoms with Crippen LogP contribution in [0.2, 0.25) is 5.02 Å². The summed E-state index contributed by atoms with van der Waals surface area (Å²) in [7, 11) is 0. The van der Waals surface area contributed by atoms with Gasteiger partial charge in [0.2, 0.25) is 0 Å². The molecule has 0 aliphatic heterocycles. The molecule has 6 nitrogen and oxygen atoms in total. The lowest BCUT2D eigenvalue weighted by atomic mass is 9.80. The van der Waals surface area contributed by atoms with Gasteiger partial charge in [-0.25, -0.2) is 4.98 Å². The van der Waals surface area contributed by atoms with E-state index in [1.54, 1.807) is 41.1 Å². The summed E-state index contributed by atoms with van der Waals surface area (Å²) < 4.78 is 1.74. The molecule has 2 N–H and O–H groups in total. The molecular formula is C20H20ClN3O3. The van der Waals surface area contributed by atoms with Crippen LogP contribution in [0.4, 0.5) is 5.82 Å². The topological polar surface area (TPSA) is 83.7 Å². The Balaban J connectivity index is 1.72. The molecule has 0 aliphatic carbocycles. The van der Waals surface area contributed by atoms with Crippen molar-refractivity contribution in [3.8, 4) is 0 Å². The van der Waals surface area contributed by atoms with Crippen molar-refractivity contribution in [1.82, 2.24) is 9.38 Å². The molecule has 3 aromatic rings. The molecule has 2 heterocycles. The number of halogens is 1. The highest BCUT2D eigenvalue weighted by Gasteiger charge is 2.22. The lowest BCUT2D eigenvalue weighted by Crippen LogP contribution is -2.19. The molecule has 1 aromatic carbocycles. The van der Waals surface area contributed by atoms with Crippen LogP contribution in [0.1, 0.15) is 42.6 Å². The van der Waals surface area contributed by atoms with E-state index in [1.165, 1.54) is 0 Å². The van der Waals surface area contributed by atoms with Crippen LogP contribution >= 0.6 is 11.6 Å².